The quantitative estimate of drug-likeness (QED) is 0.396. The monoisotopic (exact) mass is 474 g/mol. The lowest BCUT2D eigenvalue weighted by Gasteiger charge is -2.25. The summed E-state index contributed by atoms with van der Waals surface area (Å²) in [5, 5.41) is 11.1. The van der Waals surface area contributed by atoms with Crippen LogP contribution in [0.1, 0.15) is 36.2 Å². The van der Waals surface area contributed by atoms with Crippen molar-refractivity contribution in [3.63, 3.8) is 0 Å². The number of nitrogen functional groups attached to an aromatic ring is 1. The van der Waals surface area contributed by atoms with Crippen molar-refractivity contribution >= 4 is 17.4 Å². The zero-order valence-electron chi connectivity index (χ0n) is 19.5. The lowest BCUT2D eigenvalue weighted by molar-refractivity contribution is 0.0985. The van der Waals surface area contributed by atoms with Crippen molar-refractivity contribution in [2.45, 2.75) is 26.8 Å². The molecule has 11 nitrogen and oxygen atoms in total. The second-order valence-electron chi connectivity index (χ2n) is 8.51. The third kappa shape index (κ3) is 5.18. The first kappa shape index (κ1) is 23.6. The molecule has 2 aromatic carbocycles. The number of carbonyl (C=O) groups is 1. The summed E-state index contributed by atoms with van der Waals surface area (Å²) in [4.78, 5) is 43.0. The van der Waals surface area contributed by atoms with Gasteiger partial charge in [0, 0.05) is 12.1 Å². The van der Waals surface area contributed by atoms with E-state index in [1.165, 1.54) is 20.5 Å². The Bertz CT molecular complexity index is 1430. The Labute approximate surface area is 200 Å². The van der Waals surface area contributed by atoms with Gasteiger partial charge in [-0.3, -0.25) is 19.1 Å². The van der Waals surface area contributed by atoms with E-state index in [0.29, 0.717) is 17.7 Å². The smallest absolute Gasteiger partial charge is 0.330 e. The van der Waals surface area contributed by atoms with E-state index in [-0.39, 0.29) is 30.5 Å². The molecular weight excluding hydrogens is 448 g/mol. The van der Waals surface area contributed by atoms with E-state index >= 15 is 0 Å². The third-order valence-corrected chi connectivity index (χ3v) is 5.55. The molecule has 0 spiro atoms. The maximum absolute atomic E-state index is 13.7. The predicted octanol–water partition coefficient (Wildman–Crippen LogP) is 1.84. The molecule has 0 unspecified atom stereocenters. The van der Waals surface area contributed by atoms with Crippen molar-refractivity contribution in [3.05, 3.63) is 92.9 Å². The first-order chi connectivity index (χ1) is 16.8. The van der Waals surface area contributed by atoms with Crippen LogP contribution < -0.4 is 21.9 Å². The molecule has 0 aliphatic carbocycles. The fourth-order valence-corrected chi connectivity index (χ4v) is 3.68. The second kappa shape index (κ2) is 10.2. The SMILES string of the molecule is CC(C)CCN(C(=O)c1cccc(-n2cnnn2)c1)c1c(N)n(Cc2ccccc2)c(=O)[nH]c1=O. The summed E-state index contributed by atoms with van der Waals surface area (Å²) in [7, 11) is 0. The van der Waals surface area contributed by atoms with Gasteiger partial charge in [-0.1, -0.05) is 50.2 Å². The molecule has 2 aromatic heterocycles. The molecule has 0 radical (unpaired) electrons. The van der Waals surface area contributed by atoms with Crippen LogP contribution in [0.5, 0.6) is 0 Å². The molecule has 2 heterocycles. The second-order valence-corrected chi connectivity index (χ2v) is 8.51. The van der Waals surface area contributed by atoms with Gasteiger partial charge in [-0.05, 0) is 46.5 Å². The summed E-state index contributed by atoms with van der Waals surface area (Å²) in [6.07, 6.45) is 2.04. The number of hydrogen-bond acceptors (Lipinski definition) is 7. The molecule has 0 aliphatic heterocycles. The minimum Gasteiger partial charge on any atom is -0.383 e. The van der Waals surface area contributed by atoms with Gasteiger partial charge in [0.2, 0.25) is 0 Å². The van der Waals surface area contributed by atoms with Gasteiger partial charge in [-0.2, -0.15) is 0 Å². The number of nitrogens with one attached hydrogen (secondary N) is 1. The standard InChI is InChI=1S/C24H26N8O3/c1-16(2)11-12-30(23(34)18-9-6-10-19(13-18)32-15-26-28-29-32)20-21(25)31(24(35)27-22(20)33)14-17-7-4-3-5-8-17/h3-10,13,15-16H,11-12,14,25H2,1-2H3,(H,27,33,35). The number of tetrazole rings is 1. The minimum atomic E-state index is -0.717. The molecule has 180 valence electrons. The van der Waals surface area contributed by atoms with Crippen LogP contribution in [0.25, 0.3) is 5.69 Å². The van der Waals surface area contributed by atoms with Crippen LogP contribution in [0.2, 0.25) is 0 Å². The normalized spacial score (nSPS) is 11.1. The molecule has 1 amide bonds. The van der Waals surface area contributed by atoms with Crippen molar-refractivity contribution < 1.29 is 4.79 Å². The number of rotatable bonds is 8. The van der Waals surface area contributed by atoms with E-state index in [2.05, 4.69) is 20.5 Å². The first-order valence-corrected chi connectivity index (χ1v) is 11.2. The van der Waals surface area contributed by atoms with Gasteiger partial charge in [-0.15, -0.1) is 5.10 Å². The van der Waals surface area contributed by atoms with E-state index in [1.807, 2.05) is 44.2 Å². The molecule has 4 aromatic rings. The number of amides is 1. The maximum Gasteiger partial charge on any atom is 0.330 e. The number of anilines is 2. The van der Waals surface area contributed by atoms with Crippen LogP contribution >= 0.6 is 0 Å². The number of carbonyl (C=O) groups excluding carboxylic acids is 1. The number of nitrogens with two attached hydrogens (primary N) is 1. The van der Waals surface area contributed by atoms with E-state index in [1.54, 1.807) is 24.3 Å². The number of nitrogens with zero attached hydrogens (tertiary/aromatic N) is 6. The zero-order chi connectivity index (χ0) is 24.9. The van der Waals surface area contributed by atoms with Crippen molar-refractivity contribution in [3.8, 4) is 5.69 Å². The average Bonchev–Trinajstić information content (AvgIpc) is 3.39. The number of aromatic nitrogens is 6. The Morgan fingerprint density at radius 2 is 1.89 bits per heavy atom. The summed E-state index contributed by atoms with van der Waals surface area (Å²) in [6, 6.07) is 16.0. The van der Waals surface area contributed by atoms with Crippen LogP contribution in [0.4, 0.5) is 11.5 Å². The highest BCUT2D eigenvalue weighted by atomic mass is 16.2. The third-order valence-electron chi connectivity index (χ3n) is 5.55. The van der Waals surface area contributed by atoms with Crippen LogP contribution in [-0.2, 0) is 6.54 Å². The van der Waals surface area contributed by atoms with Gasteiger partial charge in [0.25, 0.3) is 11.5 Å². The first-order valence-electron chi connectivity index (χ1n) is 11.2. The highest BCUT2D eigenvalue weighted by Crippen LogP contribution is 2.22. The van der Waals surface area contributed by atoms with Crippen LogP contribution in [-0.4, -0.2) is 42.2 Å². The van der Waals surface area contributed by atoms with Crippen LogP contribution in [0, 0.1) is 5.92 Å². The Morgan fingerprint density at radius 1 is 1.11 bits per heavy atom. The summed E-state index contributed by atoms with van der Waals surface area (Å²) in [5.74, 6) is -0.243. The minimum absolute atomic E-state index is 0.0565. The molecule has 3 N–H and O–H groups in total. The molecule has 35 heavy (non-hydrogen) atoms. The largest absolute Gasteiger partial charge is 0.383 e. The lowest BCUT2D eigenvalue weighted by atomic mass is 10.1. The van der Waals surface area contributed by atoms with E-state index in [4.69, 9.17) is 5.73 Å². The van der Waals surface area contributed by atoms with Crippen molar-refractivity contribution in [1.29, 1.82) is 0 Å². The van der Waals surface area contributed by atoms with Crippen molar-refractivity contribution in [1.82, 2.24) is 29.8 Å². The highest BCUT2D eigenvalue weighted by Gasteiger charge is 2.26. The lowest BCUT2D eigenvalue weighted by Crippen LogP contribution is -2.42. The topological polar surface area (TPSA) is 145 Å². The molecule has 0 aliphatic rings. The molecule has 0 saturated carbocycles. The van der Waals surface area contributed by atoms with Gasteiger partial charge in [-0.25, -0.2) is 9.48 Å². The van der Waals surface area contributed by atoms with Gasteiger partial charge in [0.1, 0.15) is 12.1 Å². The molecular formula is C24H26N8O3. The summed E-state index contributed by atoms with van der Waals surface area (Å²) >= 11 is 0. The number of H-pyrrole nitrogens is 1. The summed E-state index contributed by atoms with van der Waals surface area (Å²) < 4.78 is 2.69. The summed E-state index contributed by atoms with van der Waals surface area (Å²) in [6.45, 7) is 4.43. The van der Waals surface area contributed by atoms with Gasteiger partial charge in [0.05, 0.1) is 12.2 Å². The fraction of sp³-hybridized carbons (Fsp3) is 0.250. The van der Waals surface area contributed by atoms with Crippen LogP contribution in [0.3, 0.4) is 0 Å². The molecule has 11 heteroatoms. The molecule has 0 saturated heterocycles. The Hall–Kier alpha value is -4.54. The number of hydrogen-bond donors (Lipinski definition) is 2. The van der Waals surface area contributed by atoms with E-state index in [0.717, 1.165) is 5.56 Å². The Balaban J connectivity index is 1.79. The predicted molar refractivity (Wildman–Crippen MR) is 132 cm³/mol. The maximum atomic E-state index is 13.7. The van der Waals surface area contributed by atoms with Gasteiger partial charge in [0.15, 0.2) is 5.69 Å². The van der Waals surface area contributed by atoms with Crippen molar-refractivity contribution in [2.75, 3.05) is 17.2 Å². The number of benzene rings is 2. The Kier molecular flexibility index (Phi) is 6.86. The van der Waals surface area contributed by atoms with Crippen molar-refractivity contribution in [2.24, 2.45) is 5.92 Å². The summed E-state index contributed by atoms with van der Waals surface area (Å²) in [5.41, 5.74) is 6.70. The molecule has 0 atom stereocenters. The highest BCUT2D eigenvalue weighted by molar-refractivity contribution is 6.07. The Morgan fingerprint density at radius 3 is 2.57 bits per heavy atom. The van der Waals surface area contributed by atoms with Gasteiger partial charge >= 0.3 is 5.69 Å². The van der Waals surface area contributed by atoms with Crippen LogP contribution in [0.15, 0.2) is 70.5 Å². The van der Waals surface area contributed by atoms with Gasteiger partial charge < -0.3 is 10.6 Å². The number of aromatic amines is 1. The average molecular weight is 475 g/mol. The fourth-order valence-electron chi connectivity index (χ4n) is 3.68. The zero-order valence-corrected chi connectivity index (χ0v) is 19.5. The van der Waals surface area contributed by atoms with E-state index < -0.39 is 17.2 Å². The molecule has 0 bridgehead atoms. The van der Waals surface area contributed by atoms with E-state index in [9.17, 15) is 14.4 Å². The molecule has 4 rings (SSSR count). The molecule has 0 fully saturated rings.